The van der Waals surface area contributed by atoms with Crippen molar-refractivity contribution >= 4 is 29.2 Å². The van der Waals surface area contributed by atoms with Gasteiger partial charge in [-0.05, 0) is 81.5 Å². The second-order valence-corrected chi connectivity index (χ2v) is 10.2. The Bertz CT molecular complexity index is 865. The summed E-state index contributed by atoms with van der Waals surface area (Å²) in [5.41, 5.74) is 0.813. The Morgan fingerprint density at radius 3 is 2.23 bits per heavy atom. The number of nitrogens with zero attached hydrogens (tertiary/aromatic N) is 1. The van der Waals surface area contributed by atoms with Gasteiger partial charge in [0.2, 0.25) is 5.91 Å². The van der Waals surface area contributed by atoms with Crippen LogP contribution in [0.4, 0.5) is 11.4 Å². The zero-order chi connectivity index (χ0) is 22.4. The minimum absolute atomic E-state index is 0.0431. The summed E-state index contributed by atoms with van der Waals surface area (Å²) in [6.45, 7) is 3.16. The van der Waals surface area contributed by atoms with E-state index in [-0.39, 0.29) is 23.3 Å². The van der Waals surface area contributed by atoms with E-state index in [1.165, 1.54) is 0 Å². The molecule has 0 aromatic heterocycles. The Balaban J connectivity index is 1.41. The van der Waals surface area contributed by atoms with Crippen LogP contribution in [-0.2, 0) is 19.1 Å². The number of rotatable bonds is 6. The third-order valence-electron chi connectivity index (χ3n) is 7.24. The molecule has 5 rings (SSSR count). The number of hydrogen-bond donors (Lipinski definition) is 2. The number of carbonyl (C=O) groups is 3. The Kier molecular flexibility index (Phi) is 5.48. The number of benzene rings is 1. The van der Waals surface area contributed by atoms with Crippen molar-refractivity contribution in [3.8, 4) is 0 Å². The fraction of sp³-hybridized carbons (Fsp3) is 0.625. The lowest BCUT2D eigenvalue weighted by molar-refractivity contribution is -0.181. The zero-order valence-electron chi connectivity index (χ0n) is 18.9. The SMILES string of the molecule is CC(=O)NC12C[C@H]3C[C@@H](C1)CC(C(=O)O[C@H](C)C(=O)Nc1ccc(N(C)C)cc1)(C3)C2. The zero-order valence-corrected chi connectivity index (χ0v) is 18.9. The van der Waals surface area contributed by atoms with Gasteiger partial charge in [-0.25, -0.2) is 0 Å². The van der Waals surface area contributed by atoms with Crippen LogP contribution in [0.15, 0.2) is 24.3 Å². The molecule has 0 saturated heterocycles. The quantitative estimate of drug-likeness (QED) is 0.681. The van der Waals surface area contributed by atoms with E-state index in [0.717, 1.165) is 37.8 Å². The fourth-order valence-corrected chi connectivity index (χ4v) is 6.45. The highest BCUT2D eigenvalue weighted by molar-refractivity contribution is 5.95. The summed E-state index contributed by atoms with van der Waals surface area (Å²) in [6.07, 6.45) is 4.33. The number of ether oxygens (including phenoxy) is 1. The van der Waals surface area contributed by atoms with Crippen LogP contribution in [0, 0.1) is 17.3 Å². The van der Waals surface area contributed by atoms with Gasteiger partial charge < -0.3 is 20.3 Å². The molecule has 1 aromatic rings. The van der Waals surface area contributed by atoms with Gasteiger partial charge in [0, 0.05) is 37.9 Å². The van der Waals surface area contributed by atoms with Crippen LogP contribution in [0.5, 0.6) is 0 Å². The van der Waals surface area contributed by atoms with E-state index in [1.54, 1.807) is 13.8 Å². The number of amides is 2. The van der Waals surface area contributed by atoms with Crippen LogP contribution >= 0.6 is 0 Å². The van der Waals surface area contributed by atoms with Crippen molar-refractivity contribution in [2.75, 3.05) is 24.3 Å². The molecule has 4 saturated carbocycles. The van der Waals surface area contributed by atoms with E-state index < -0.39 is 11.5 Å². The maximum Gasteiger partial charge on any atom is 0.312 e. The molecule has 2 unspecified atom stereocenters. The lowest BCUT2D eigenvalue weighted by Crippen LogP contribution is -2.65. The molecule has 4 fully saturated rings. The molecule has 4 bridgehead atoms. The second-order valence-electron chi connectivity index (χ2n) is 10.2. The van der Waals surface area contributed by atoms with Crippen LogP contribution in [0.25, 0.3) is 0 Å². The molecule has 0 radical (unpaired) electrons. The van der Waals surface area contributed by atoms with E-state index in [1.807, 2.05) is 43.3 Å². The van der Waals surface area contributed by atoms with Crippen molar-refractivity contribution in [1.82, 2.24) is 5.32 Å². The van der Waals surface area contributed by atoms with Gasteiger partial charge in [-0.3, -0.25) is 14.4 Å². The topological polar surface area (TPSA) is 87.7 Å². The van der Waals surface area contributed by atoms with E-state index in [4.69, 9.17) is 4.74 Å². The molecule has 0 aliphatic heterocycles. The van der Waals surface area contributed by atoms with Crippen molar-refractivity contribution < 1.29 is 19.1 Å². The minimum atomic E-state index is -0.884. The number of nitrogens with one attached hydrogen (secondary N) is 2. The van der Waals surface area contributed by atoms with Crippen LogP contribution in [0.3, 0.4) is 0 Å². The first-order valence-electron chi connectivity index (χ1n) is 11.2. The summed E-state index contributed by atoms with van der Waals surface area (Å²) in [5.74, 6) is 0.188. The molecule has 0 heterocycles. The van der Waals surface area contributed by atoms with E-state index in [9.17, 15) is 14.4 Å². The molecular formula is C24H33N3O4. The first-order valence-corrected chi connectivity index (χ1v) is 11.2. The number of esters is 1. The molecule has 2 N–H and O–H groups in total. The van der Waals surface area contributed by atoms with Crippen LogP contribution in [0.2, 0.25) is 0 Å². The molecule has 1 aromatic carbocycles. The molecule has 31 heavy (non-hydrogen) atoms. The third-order valence-corrected chi connectivity index (χ3v) is 7.24. The summed E-state index contributed by atoms with van der Waals surface area (Å²) in [7, 11) is 3.91. The van der Waals surface area contributed by atoms with Gasteiger partial charge >= 0.3 is 5.97 Å². The van der Waals surface area contributed by atoms with Gasteiger partial charge in [0.25, 0.3) is 5.91 Å². The molecule has 7 nitrogen and oxygen atoms in total. The van der Waals surface area contributed by atoms with Crippen molar-refractivity contribution in [3.63, 3.8) is 0 Å². The number of anilines is 2. The standard InChI is InChI=1S/C24H33N3O4/c1-15(21(29)25-19-5-7-20(8-6-19)27(3)4)31-22(30)23-10-17-9-18(11-23)13-24(12-17,14-23)26-16(2)28/h5-8,15,17-18H,9-14H2,1-4H3,(H,25,29)(H,26,28)/t15-,17-,18+,23?,24?/m1/s1. The minimum Gasteiger partial charge on any atom is -0.452 e. The highest BCUT2D eigenvalue weighted by Crippen LogP contribution is 2.62. The van der Waals surface area contributed by atoms with Gasteiger partial charge in [0.05, 0.1) is 5.41 Å². The smallest absolute Gasteiger partial charge is 0.312 e. The molecule has 5 atom stereocenters. The predicted molar refractivity (Wildman–Crippen MR) is 119 cm³/mol. The van der Waals surface area contributed by atoms with Crippen molar-refractivity contribution in [1.29, 1.82) is 0 Å². The molecule has 0 spiro atoms. The Labute approximate surface area is 183 Å². The van der Waals surface area contributed by atoms with Crippen molar-refractivity contribution in [2.24, 2.45) is 17.3 Å². The lowest BCUT2D eigenvalue weighted by atomic mass is 9.47. The molecule has 2 amide bonds. The predicted octanol–water partition coefficient (Wildman–Crippen LogP) is 3.10. The van der Waals surface area contributed by atoms with E-state index in [0.29, 0.717) is 23.9 Å². The summed E-state index contributed by atoms with van der Waals surface area (Å²) >= 11 is 0. The van der Waals surface area contributed by atoms with Gasteiger partial charge in [0.1, 0.15) is 0 Å². The third kappa shape index (κ3) is 4.27. The highest BCUT2D eigenvalue weighted by atomic mass is 16.5. The van der Waals surface area contributed by atoms with Gasteiger partial charge in [0.15, 0.2) is 6.10 Å². The molecule has 7 heteroatoms. The average molecular weight is 428 g/mol. The normalized spacial score (nSPS) is 31.6. The molecule has 168 valence electrons. The highest BCUT2D eigenvalue weighted by Gasteiger charge is 2.61. The molecule has 4 aliphatic rings. The largest absolute Gasteiger partial charge is 0.452 e. The van der Waals surface area contributed by atoms with Crippen LogP contribution in [-0.4, -0.2) is 43.5 Å². The Morgan fingerprint density at radius 2 is 1.68 bits per heavy atom. The number of carbonyl (C=O) groups excluding carboxylic acids is 3. The van der Waals surface area contributed by atoms with E-state index in [2.05, 4.69) is 10.6 Å². The van der Waals surface area contributed by atoms with Crippen LogP contribution < -0.4 is 15.5 Å². The van der Waals surface area contributed by atoms with Crippen LogP contribution in [0.1, 0.15) is 52.4 Å². The summed E-state index contributed by atoms with van der Waals surface area (Å²) < 4.78 is 5.71. The Morgan fingerprint density at radius 1 is 1.06 bits per heavy atom. The van der Waals surface area contributed by atoms with Gasteiger partial charge in [-0.15, -0.1) is 0 Å². The second kappa shape index (κ2) is 7.84. The Hall–Kier alpha value is -2.57. The van der Waals surface area contributed by atoms with Crippen molar-refractivity contribution in [3.05, 3.63) is 24.3 Å². The van der Waals surface area contributed by atoms with Crippen molar-refractivity contribution in [2.45, 2.75) is 64.0 Å². The first kappa shape index (κ1) is 21.7. The maximum absolute atomic E-state index is 13.3. The summed E-state index contributed by atoms with van der Waals surface area (Å²) in [4.78, 5) is 39.7. The maximum atomic E-state index is 13.3. The summed E-state index contributed by atoms with van der Waals surface area (Å²) in [5, 5.41) is 5.99. The molecular weight excluding hydrogens is 394 g/mol. The number of hydrogen-bond acceptors (Lipinski definition) is 5. The van der Waals surface area contributed by atoms with E-state index >= 15 is 0 Å². The first-order chi connectivity index (χ1) is 14.6. The van der Waals surface area contributed by atoms with Gasteiger partial charge in [-0.2, -0.15) is 0 Å². The fourth-order valence-electron chi connectivity index (χ4n) is 6.45. The summed E-state index contributed by atoms with van der Waals surface area (Å²) in [6, 6.07) is 7.50. The van der Waals surface area contributed by atoms with Gasteiger partial charge in [-0.1, -0.05) is 0 Å². The molecule has 4 aliphatic carbocycles. The average Bonchev–Trinajstić information content (AvgIpc) is 2.66. The monoisotopic (exact) mass is 427 g/mol. The lowest BCUT2D eigenvalue weighted by Gasteiger charge is -2.60.